The lowest BCUT2D eigenvalue weighted by atomic mass is 10.3. The van der Waals surface area contributed by atoms with Crippen molar-refractivity contribution in [2.45, 2.75) is 4.90 Å². The van der Waals surface area contributed by atoms with Crippen LogP contribution in [-0.4, -0.2) is 20.5 Å². The smallest absolute Gasteiger partial charge is 0.330 e. The van der Waals surface area contributed by atoms with E-state index >= 15 is 0 Å². The fourth-order valence-corrected chi connectivity index (χ4v) is 2.23. The molecule has 0 aliphatic rings. The highest BCUT2D eigenvalue weighted by Gasteiger charge is 2.27. The van der Waals surface area contributed by atoms with Crippen molar-refractivity contribution in [1.82, 2.24) is 0 Å². The van der Waals surface area contributed by atoms with Crippen molar-refractivity contribution in [1.29, 1.82) is 0 Å². The van der Waals surface area contributed by atoms with Crippen LogP contribution in [0.5, 0.6) is 5.75 Å². The highest BCUT2D eigenvalue weighted by atomic mass is 35.5. The molecule has 0 heterocycles. The Morgan fingerprint density at radius 3 is 2.44 bits per heavy atom. The standard InChI is InChI=1S/C7H7ClN2O5S/c1-15-4-2-3-5(16(9,13)14)6(8)7(4)10(11)12/h2-3H,1H3,(H2,9,13,14). The number of nitrogens with two attached hydrogens (primary N) is 1. The van der Waals surface area contributed by atoms with E-state index in [9.17, 15) is 18.5 Å². The fraction of sp³-hybridized carbons (Fsp3) is 0.143. The van der Waals surface area contributed by atoms with E-state index in [2.05, 4.69) is 0 Å². The molecule has 0 aromatic heterocycles. The number of nitrogens with zero attached hydrogens (tertiary/aromatic N) is 1. The maximum Gasteiger partial charge on any atom is 0.330 e. The van der Waals surface area contributed by atoms with E-state index in [1.807, 2.05) is 0 Å². The van der Waals surface area contributed by atoms with E-state index < -0.39 is 30.6 Å². The molecule has 1 rings (SSSR count). The summed E-state index contributed by atoms with van der Waals surface area (Å²) in [6.07, 6.45) is 0. The van der Waals surface area contributed by atoms with Crippen molar-refractivity contribution in [3.8, 4) is 5.75 Å². The van der Waals surface area contributed by atoms with E-state index in [1.165, 1.54) is 7.11 Å². The Morgan fingerprint density at radius 1 is 1.50 bits per heavy atom. The quantitative estimate of drug-likeness (QED) is 0.645. The molecule has 0 bridgehead atoms. The number of sulfonamides is 1. The Labute approximate surface area is 96.0 Å². The average molecular weight is 267 g/mol. The Kier molecular flexibility index (Phi) is 3.36. The number of benzene rings is 1. The van der Waals surface area contributed by atoms with Crippen LogP contribution in [0, 0.1) is 10.1 Å². The van der Waals surface area contributed by atoms with Gasteiger partial charge in [-0.25, -0.2) is 13.6 Å². The number of primary sulfonamides is 1. The molecule has 0 saturated carbocycles. The minimum absolute atomic E-state index is 0.137. The van der Waals surface area contributed by atoms with Crippen LogP contribution >= 0.6 is 11.6 Å². The fourth-order valence-electron chi connectivity index (χ4n) is 1.08. The van der Waals surface area contributed by atoms with Gasteiger partial charge in [-0.2, -0.15) is 0 Å². The molecule has 1 aromatic rings. The van der Waals surface area contributed by atoms with Gasteiger partial charge in [0.25, 0.3) is 0 Å². The molecule has 0 radical (unpaired) electrons. The van der Waals surface area contributed by atoms with E-state index in [1.54, 1.807) is 0 Å². The Bertz CT molecular complexity index is 542. The van der Waals surface area contributed by atoms with Gasteiger partial charge in [0, 0.05) is 0 Å². The molecular formula is C7H7ClN2O5S. The predicted molar refractivity (Wildman–Crippen MR) is 56.0 cm³/mol. The molecule has 0 atom stereocenters. The Morgan fingerprint density at radius 2 is 2.06 bits per heavy atom. The van der Waals surface area contributed by atoms with Crippen LogP contribution in [0.1, 0.15) is 0 Å². The summed E-state index contributed by atoms with van der Waals surface area (Å²) >= 11 is 5.59. The first-order valence-electron chi connectivity index (χ1n) is 3.82. The number of halogens is 1. The zero-order valence-electron chi connectivity index (χ0n) is 8.01. The van der Waals surface area contributed by atoms with Crippen molar-refractivity contribution in [2.75, 3.05) is 7.11 Å². The molecule has 0 aliphatic heterocycles. The van der Waals surface area contributed by atoms with Gasteiger partial charge in [-0.3, -0.25) is 10.1 Å². The lowest BCUT2D eigenvalue weighted by Gasteiger charge is -2.06. The summed E-state index contributed by atoms with van der Waals surface area (Å²) in [5.74, 6) is -0.137. The third-order valence-electron chi connectivity index (χ3n) is 1.75. The molecule has 0 aliphatic carbocycles. The summed E-state index contributed by atoms with van der Waals surface area (Å²) in [5.41, 5.74) is -0.629. The maximum absolute atomic E-state index is 11.1. The Hall–Kier alpha value is -1.38. The largest absolute Gasteiger partial charge is 0.490 e. The molecule has 0 unspecified atom stereocenters. The van der Waals surface area contributed by atoms with Gasteiger partial charge in [-0.05, 0) is 12.1 Å². The molecule has 0 amide bonds. The topological polar surface area (TPSA) is 113 Å². The van der Waals surface area contributed by atoms with Gasteiger partial charge in [-0.1, -0.05) is 11.6 Å². The van der Waals surface area contributed by atoms with Gasteiger partial charge in [0.15, 0.2) is 5.75 Å². The first kappa shape index (κ1) is 12.7. The average Bonchev–Trinajstić information content (AvgIpc) is 2.14. The molecule has 0 saturated heterocycles. The molecule has 16 heavy (non-hydrogen) atoms. The number of hydrogen-bond acceptors (Lipinski definition) is 5. The second-order valence-corrected chi connectivity index (χ2v) is 4.64. The molecule has 2 N–H and O–H groups in total. The van der Waals surface area contributed by atoms with Crippen LogP contribution in [0.4, 0.5) is 5.69 Å². The minimum Gasteiger partial charge on any atom is -0.490 e. The number of hydrogen-bond donors (Lipinski definition) is 1. The van der Waals surface area contributed by atoms with Gasteiger partial charge < -0.3 is 4.74 Å². The lowest BCUT2D eigenvalue weighted by molar-refractivity contribution is -0.385. The van der Waals surface area contributed by atoms with Crippen molar-refractivity contribution in [3.63, 3.8) is 0 Å². The normalized spacial score (nSPS) is 11.2. The number of nitro groups is 1. The summed E-state index contributed by atoms with van der Waals surface area (Å²) in [6, 6.07) is 2.16. The first-order valence-corrected chi connectivity index (χ1v) is 5.75. The molecule has 1 aromatic carbocycles. The maximum atomic E-state index is 11.1. The summed E-state index contributed by atoms with van der Waals surface area (Å²) in [4.78, 5) is 9.34. The van der Waals surface area contributed by atoms with Crippen LogP contribution in [0.3, 0.4) is 0 Å². The van der Waals surface area contributed by atoms with Gasteiger partial charge in [-0.15, -0.1) is 0 Å². The van der Waals surface area contributed by atoms with Crippen LogP contribution in [-0.2, 0) is 10.0 Å². The zero-order chi connectivity index (χ0) is 12.5. The van der Waals surface area contributed by atoms with Crippen LogP contribution < -0.4 is 9.88 Å². The van der Waals surface area contributed by atoms with E-state index in [-0.39, 0.29) is 5.75 Å². The van der Waals surface area contributed by atoms with Crippen molar-refractivity contribution in [3.05, 3.63) is 27.3 Å². The number of methoxy groups -OCH3 is 1. The van der Waals surface area contributed by atoms with E-state index in [4.69, 9.17) is 21.5 Å². The highest BCUT2D eigenvalue weighted by Crippen LogP contribution is 2.38. The molecule has 9 heteroatoms. The second kappa shape index (κ2) is 4.24. The Balaban J connectivity index is 3.63. The van der Waals surface area contributed by atoms with Crippen LogP contribution in [0.2, 0.25) is 5.02 Å². The third kappa shape index (κ3) is 2.23. The summed E-state index contributed by atoms with van der Waals surface area (Å²) < 4.78 is 26.8. The van der Waals surface area contributed by atoms with Gasteiger partial charge in [0.05, 0.1) is 12.0 Å². The van der Waals surface area contributed by atoms with Gasteiger partial charge >= 0.3 is 5.69 Å². The number of ether oxygens (including phenoxy) is 1. The number of nitro benzene ring substituents is 1. The molecule has 0 fully saturated rings. The van der Waals surface area contributed by atoms with Crippen molar-refractivity contribution >= 4 is 27.3 Å². The zero-order valence-corrected chi connectivity index (χ0v) is 9.58. The minimum atomic E-state index is -4.11. The number of rotatable bonds is 3. The highest BCUT2D eigenvalue weighted by molar-refractivity contribution is 7.89. The lowest BCUT2D eigenvalue weighted by Crippen LogP contribution is -2.13. The van der Waals surface area contributed by atoms with E-state index in [0.717, 1.165) is 12.1 Å². The predicted octanol–water partition coefficient (Wildman–Crippen LogP) is 0.904. The van der Waals surface area contributed by atoms with Gasteiger partial charge in [0.1, 0.15) is 9.92 Å². The summed E-state index contributed by atoms with van der Waals surface area (Å²) in [7, 11) is -2.90. The molecule has 7 nitrogen and oxygen atoms in total. The van der Waals surface area contributed by atoms with Crippen LogP contribution in [0.25, 0.3) is 0 Å². The summed E-state index contributed by atoms with van der Waals surface area (Å²) in [6.45, 7) is 0. The van der Waals surface area contributed by atoms with E-state index in [0.29, 0.717) is 0 Å². The van der Waals surface area contributed by atoms with Crippen molar-refractivity contribution in [2.24, 2.45) is 5.14 Å². The molecular weight excluding hydrogens is 260 g/mol. The van der Waals surface area contributed by atoms with Gasteiger partial charge in [0.2, 0.25) is 10.0 Å². The SMILES string of the molecule is COc1ccc(S(N)(=O)=O)c(Cl)c1[N+](=O)[O-]. The summed E-state index contributed by atoms with van der Waals surface area (Å²) in [5, 5.41) is 15.0. The first-order chi connectivity index (χ1) is 7.29. The monoisotopic (exact) mass is 266 g/mol. The van der Waals surface area contributed by atoms with Crippen molar-refractivity contribution < 1.29 is 18.1 Å². The second-order valence-electron chi connectivity index (χ2n) is 2.73. The van der Waals surface area contributed by atoms with Crippen LogP contribution in [0.15, 0.2) is 17.0 Å². The molecule has 0 spiro atoms. The third-order valence-corrected chi connectivity index (χ3v) is 3.20. The molecule has 88 valence electrons.